The summed E-state index contributed by atoms with van der Waals surface area (Å²) < 4.78 is 7.33. The molecule has 3 nitrogen and oxygen atoms in total. The zero-order valence-electron chi connectivity index (χ0n) is 30.6. The number of nitrogens with zero attached hydrogens (tertiary/aromatic N) is 3. The van der Waals surface area contributed by atoms with E-state index in [2.05, 4.69) is 197 Å². The number of para-hydroxylation sites is 3. The Morgan fingerprint density at radius 2 is 0.930 bits per heavy atom. The van der Waals surface area contributed by atoms with E-state index in [1.54, 1.807) is 0 Å². The second kappa shape index (κ2) is 11.6. The predicted octanol–water partition coefficient (Wildman–Crippen LogP) is 14.7. The van der Waals surface area contributed by atoms with Crippen molar-refractivity contribution in [2.24, 2.45) is 0 Å². The van der Waals surface area contributed by atoms with Gasteiger partial charge in [0.15, 0.2) is 0 Å². The van der Waals surface area contributed by atoms with Crippen molar-refractivity contribution >= 4 is 96.7 Å². The van der Waals surface area contributed by atoms with Crippen LogP contribution in [0, 0.1) is 0 Å². The van der Waals surface area contributed by atoms with Crippen molar-refractivity contribution in [1.29, 1.82) is 0 Å². The molecular weight excluding hydrogens is 711 g/mol. The maximum absolute atomic E-state index is 5.46. The molecule has 57 heavy (non-hydrogen) atoms. The first-order valence-corrected chi connectivity index (χ1v) is 20.3. The van der Waals surface area contributed by atoms with Crippen LogP contribution < -0.4 is 0 Å². The Morgan fingerprint density at radius 3 is 1.65 bits per heavy atom. The van der Waals surface area contributed by atoms with E-state index in [4.69, 9.17) is 4.98 Å². The minimum Gasteiger partial charge on any atom is -0.309 e. The quantitative estimate of drug-likeness (QED) is 0.165. The number of pyridine rings is 1. The molecule has 0 aliphatic rings. The van der Waals surface area contributed by atoms with Crippen LogP contribution in [0.4, 0.5) is 0 Å². The molecular formula is C53H31N3S. The lowest BCUT2D eigenvalue weighted by atomic mass is 9.93. The summed E-state index contributed by atoms with van der Waals surface area (Å²) in [6, 6.07) is 68.6. The van der Waals surface area contributed by atoms with Crippen LogP contribution >= 0.6 is 11.3 Å². The summed E-state index contributed by atoms with van der Waals surface area (Å²) in [7, 11) is 0. The smallest absolute Gasteiger partial charge is 0.138 e. The molecule has 0 spiro atoms. The van der Waals surface area contributed by atoms with Crippen LogP contribution in [0.15, 0.2) is 188 Å². The molecule has 9 aromatic carbocycles. The Kier molecular flexibility index (Phi) is 6.32. The molecule has 0 radical (unpaired) electrons. The third-order valence-corrected chi connectivity index (χ3v) is 13.3. The summed E-state index contributed by atoms with van der Waals surface area (Å²) >= 11 is 1.88. The topological polar surface area (TPSA) is 22.8 Å². The first-order valence-electron chi connectivity index (χ1n) is 19.5. The van der Waals surface area contributed by atoms with Gasteiger partial charge in [-0.15, -0.1) is 11.3 Å². The van der Waals surface area contributed by atoms with Gasteiger partial charge >= 0.3 is 0 Å². The van der Waals surface area contributed by atoms with Crippen molar-refractivity contribution in [3.63, 3.8) is 0 Å². The highest BCUT2D eigenvalue weighted by molar-refractivity contribution is 7.26. The molecule has 0 aliphatic carbocycles. The van der Waals surface area contributed by atoms with E-state index in [1.807, 2.05) is 11.3 Å². The third-order valence-electron chi connectivity index (χ3n) is 12.1. The van der Waals surface area contributed by atoms with Crippen LogP contribution in [-0.4, -0.2) is 14.1 Å². The largest absolute Gasteiger partial charge is 0.309 e. The SMILES string of the molecule is c1ccc(-n2c3ccccc3c3cc(-c4ccc5c(c4)c4ccccc4n5-c4cccc(-c5ccc6c7ccccc7c7cccc8sc5c6c87)n4)ccc32)cc1. The van der Waals surface area contributed by atoms with E-state index in [0.29, 0.717) is 0 Å². The van der Waals surface area contributed by atoms with Gasteiger partial charge in [-0.25, -0.2) is 4.98 Å². The van der Waals surface area contributed by atoms with E-state index in [0.717, 1.165) is 22.5 Å². The Bertz CT molecular complexity index is 3750. The predicted molar refractivity (Wildman–Crippen MR) is 243 cm³/mol. The van der Waals surface area contributed by atoms with Crippen molar-refractivity contribution in [1.82, 2.24) is 14.1 Å². The van der Waals surface area contributed by atoms with Crippen molar-refractivity contribution in [2.75, 3.05) is 0 Å². The number of rotatable bonds is 4. The van der Waals surface area contributed by atoms with Crippen LogP contribution in [0.3, 0.4) is 0 Å². The average molecular weight is 742 g/mol. The minimum absolute atomic E-state index is 0.915. The van der Waals surface area contributed by atoms with Gasteiger partial charge in [0.25, 0.3) is 0 Å². The van der Waals surface area contributed by atoms with Crippen LogP contribution in [0.25, 0.3) is 119 Å². The second-order valence-corrected chi connectivity index (χ2v) is 16.1. The average Bonchev–Trinajstić information content (AvgIpc) is 3.94. The van der Waals surface area contributed by atoms with Crippen molar-refractivity contribution < 1.29 is 0 Å². The summed E-state index contributed by atoms with van der Waals surface area (Å²) in [4.78, 5) is 5.46. The summed E-state index contributed by atoms with van der Waals surface area (Å²) in [5.74, 6) is 0.915. The van der Waals surface area contributed by atoms with Crippen LogP contribution in [0.1, 0.15) is 0 Å². The van der Waals surface area contributed by atoms with Gasteiger partial charge in [0, 0.05) is 53.0 Å². The number of benzene rings is 9. The zero-order chi connectivity index (χ0) is 37.2. The molecule has 0 saturated carbocycles. The van der Waals surface area contributed by atoms with Gasteiger partial charge in [-0.2, -0.15) is 0 Å². The lowest BCUT2D eigenvalue weighted by Crippen LogP contribution is -1.98. The fraction of sp³-hybridized carbons (Fsp3) is 0. The van der Waals surface area contributed by atoms with E-state index in [1.165, 1.54) is 96.7 Å². The van der Waals surface area contributed by atoms with Gasteiger partial charge in [-0.1, -0.05) is 121 Å². The normalized spacial score (nSPS) is 12.2. The Labute approximate surface area is 331 Å². The second-order valence-electron chi connectivity index (χ2n) is 15.1. The van der Waals surface area contributed by atoms with E-state index in [-0.39, 0.29) is 0 Å². The van der Waals surface area contributed by atoms with Gasteiger partial charge < -0.3 is 4.57 Å². The standard InChI is InChI=1S/C53H31N3S/c1-2-12-34(13-3-1)55-45-20-8-6-16-37(45)42-30-32(24-28-47(42)55)33-25-29-48-43(31-33)38-17-7-9-21-46(38)56(48)50-23-11-19-44(54-50)41-27-26-40-36-15-5-4-14-35(36)39-18-10-22-49-51(39)52(40)53(41)57-49/h1-31H. The highest BCUT2D eigenvalue weighted by atomic mass is 32.1. The Morgan fingerprint density at radius 1 is 0.368 bits per heavy atom. The number of hydrogen-bond acceptors (Lipinski definition) is 2. The zero-order valence-corrected chi connectivity index (χ0v) is 31.5. The van der Waals surface area contributed by atoms with E-state index >= 15 is 0 Å². The fourth-order valence-corrected chi connectivity index (χ4v) is 10.9. The molecule has 0 saturated heterocycles. The first-order chi connectivity index (χ1) is 28.3. The summed E-state index contributed by atoms with van der Waals surface area (Å²) in [5.41, 5.74) is 10.4. The maximum Gasteiger partial charge on any atom is 0.138 e. The van der Waals surface area contributed by atoms with E-state index < -0.39 is 0 Å². The van der Waals surface area contributed by atoms with Gasteiger partial charge in [0.1, 0.15) is 5.82 Å². The van der Waals surface area contributed by atoms with Crippen LogP contribution in [-0.2, 0) is 0 Å². The number of aromatic nitrogens is 3. The van der Waals surface area contributed by atoms with Crippen molar-refractivity contribution in [2.45, 2.75) is 0 Å². The fourth-order valence-electron chi connectivity index (χ4n) is 9.63. The first kappa shape index (κ1) is 31.0. The van der Waals surface area contributed by atoms with Crippen LogP contribution in [0.5, 0.6) is 0 Å². The Balaban J connectivity index is 0.976. The molecule has 0 aliphatic heterocycles. The lowest BCUT2D eigenvalue weighted by molar-refractivity contribution is 1.08. The summed E-state index contributed by atoms with van der Waals surface area (Å²) in [5, 5.41) is 12.9. The molecule has 4 heteroatoms. The van der Waals surface area contributed by atoms with Gasteiger partial charge in [-0.05, 0) is 99.4 Å². The monoisotopic (exact) mass is 741 g/mol. The molecule has 264 valence electrons. The van der Waals surface area contributed by atoms with Crippen molar-refractivity contribution in [3.05, 3.63) is 188 Å². The number of thiophene rings is 1. The highest BCUT2D eigenvalue weighted by Crippen LogP contribution is 2.48. The molecule has 0 amide bonds. The van der Waals surface area contributed by atoms with Crippen molar-refractivity contribution in [3.8, 4) is 33.9 Å². The minimum atomic E-state index is 0.915. The molecule has 13 rings (SSSR count). The number of fused-ring (bicyclic) bond motifs is 9. The van der Waals surface area contributed by atoms with E-state index in [9.17, 15) is 0 Å². The lowest BCUT2D eigenvalue weighted by Gasteiger charge is -2.12. The maximum atomic E-state index is 5.46. The highest BCUT2D eigenvalue weighted by Gasteiger charge is 2.21. The molecule has 4 heterocycles. The van der Waals surface area contributed by atoms with Crippen LogP contribution in [0.2, 0.25) is 0 Å². The number of hydrogen-bond donors (Lipinski definition) is 0. The van der Waals surface area contributed by atoms with Gasteiger partial charge in [-0.3, -0.25) is 4.57 Å². The molecule has 0 unspecified atom stereocenters. The molecule has 4 aromatic heterocycles. The molecule has 0 N–H and O–H groups in total. The summed E-state index contributed by atoms with van der Waals surface area (Å²) in [6.07, 6.45) is 0. The molecule has 0 bridgehead atoms. The third kappa shape index (κ3) is 4.33. The molecule has 13 aromatic rings. The van der Waals surface area contributed by atoms with Gasteiger partial charge in [0.2, 0.25) is 0 Å². The molecule has 0 atom stereocenters. The summed E-state index contributed by atoms with van der Waals surface area (Å²) in [6.45, 7) is 0. The van der Waals surface area contributed by atoms with Gasteiger partial charge in [0.05, 0.1) is 27.8 Å². The Hall–Kier alpha value is -7.27. The molecule has 0 fully saturated rings.